The smallest absolute Gasteiger partial charge is 0.222 e. The molecule has 1 fully saturated rings. The van der Waals surface area contributed by atoms with Crippen LogP contribution in [0.1, 0.15) is 38.1 Å². The molecule has 0 amide bonds. The minimum atomic E-state index is -0.860. The zero-order valence-corrected chi connectivity index (χ0v) is 15.8. The maximum absolute atomic E-state index is 14.8. The van der Waals surface area contributed by atoms with Crippen LogP contribution in [-0.4, -0.2) is 30.2 Å². The fourth-order valence-corrected chi connectivity index (χ4v) is 4.22. The molecule has 1 aliphatic rings. The molecule has 3 aromatic rings. The first-order valence-corrected chi connectivity index (χ1v) is 9.12. The molecule has 1 saturated carbocycles. The standard InChI is InChI=1S/C18H17Cl2FN4O/c1-9-23-16-12(21)6-10(15-11(19)8-22-17(20)24-15)7-13(16)25(9)14-4-3-5-18(14,2)26/h6-8,14,26H,3-5H2,1-2H3/t14-,18-/m1/s1. The first kappa shape index (κ1) is 17.6. The van der Waals surface area contributed by atoms with E-state index in [4.69, 9.17) is 23.2 Å². The summed E-state index contributed by atoms with van der Waals surface area (Å²) in [5, 5.41) is 11.1. The highest BCUT2D eigenvalue weighted by atomic mass is 35.5. The lowest BCUT2D eigenvalue weighted by Crippen LogP contribution is -2.31. The van der Waals surface area contributed by atoms with E-state index in [-0.39, 0.29) is 21.9 Å². The number of hydrogen-bond acceptors (Lipinski definition) is 4. The van der Waals surface area contributed by atoms with E-state index < -0.39 is 11.4 Å². The fourth-order valence-electron chi connectivity index (χ4n) is 3.89. The summed E-state index contributed by atoms with van der Waals surface area (Å²) in [6, 6.07) is 2.97. The van der Waals surface area contributed by atoms with Crippen LogP contribution in [0.5, 0.6) is 0 Å². The number of halogens is 3. The first-order valence-electron chi connectivity index (χ1n) is 8.37. The lowest BCUT2D eigenvalue weighted by molar-refractivity contribution is 0.0272. The molecule has 1 aliphatic carbocycles. The van der Waals surface area contributed by atoms with Crippen LogP contribution in [0.3, 0.4) is 0 Å². The Morgan fingerprint density at radius 2 is 2.08 bits per heavy atom. The molecular weight excluding hydrogens is 378 g/mol. The van der Waals surface area contributed by atoms with Crippen molar-refractivity contribution in [2.75, 3.05) is 0 Å². The number of aromatic nitrogens is 4. The van der Waals surface area contributed by atoms with Crippen LogP contribution in [0.15, 0.2) is 18.3 Å². The highest BCUT2D eigenvalue weighted by Crippen LogP contribution is 2.42. The molecule has 1 N–H and O–H groups in total. The van der Waals surface area contributed by atoms with E-state index in [1.165, 1.54) is 12.3 Å². The molecule has 0 radical (unpaired) electrons. The third kappa shape index (κ3) is 2.76. The van der Waals surface area contributed by atoms with Gasteiger partial charge in [-0.05, 0) is 56.8 Å². The van der Waals surface area contributed by atoms with Gasteiger partial charge in [-0.3, -0.25) is 0 Å². The van der Waals surface area contributed by atoms with Crippen molar-refractivity contribution in [1.82, 2.24) is 19.5 Å². The zero-order valence-electron chi connectivity index (χ0n) is 14.3. The van der Waals surface area contributed by atoms with Crippen LogP contribution in [0.2, 0.25) is 10.3 Å². The van der Waals surface area contributed by atoms with Crippen molar-refractivity contribution < 1.29 is 9.50 Å². The minimum Gasteiger partial charge on any atom is -0.388 e. The van der Waals surface area contributed by atoms with Gasteiger partial charge in [-0.15, -0.1) is 0 Å². The van der Waals surface area contributed by atoms with E-state index in [9.17, 15) is 9.50 Å². The summed E-state index contributed by atoms with van der Waals surface area (Å²) in [6.07, 6.45) is 3.81. The second-order valence-corrected chi connectivity index (χ2v) is 7.70. The van der Waals surface area contributed by atoms with Crippen LogP contribution in [-0.2, 0) is 0 Å². The summed E-state index contributed by atoms with van der Waals surface area (Å²) < 4.78 is 16.7. The van der Waals surface area contributed by atoms with Crippen molar-refractivity contribution in [2.45, 2.75) is 44.8 Å². The summed E-state index contributed by atoms with van der Waals surface area (Å²) in [7, 11) is 0. The van der Waals surface area contributed by atoms with Crippen LogP contribution in [0, 0.1) is 12.7 Å². The molecule has 0 spiro atoms. The lowest BCUT2D eigenvalue weighted by atomic mass is 10.00. The topological polar surface area (TPSA) is 63.8 Å². The number of aliphatic hydroxyl groups is 1. The van der Waals surface area contributed by atoms with Crippen molar-refractivity contribution in [3.05, 3.63) is 40.3 Å². The van der Waals surface area contributed by atoms with Crippen molar-refractivity contribution in [1.29, 1.82) is 0 Å². The quantitative estimate of drug-likeness (QED) is 0.638. The maximum atomic E-state index is 14.8. The van der Waals surface area contributed by atoms with Crippen LogP contribution < -0.4 is 0 Å². The molecule has 0 aliphatic heterocycles. The monoisotopic (exact) mass is 394 g/mol. The SMILES string of the molecule is Cc1nc2c(F)cc(-c3nc(Cl)ncc3Cl)cc2n1[C@@H]1CCC[C@@]1(C)O. The first-order chi connectivity index (χ1) is 12.3. The molecule has 2 heterocycles. The van der Waals surface area contributed by atoms with Gasteiger partial charge in [0.15, 0.2) is 5.82 Å². The number of rotatable bonds is 2. The average Bonchev–Trinajstić information content (AvgIpc) is 3.08. The maximum Gasteiger partial charge on any atom is 0.222 e. The summed E-state index contributed by atoms with van der Waals surface area (Å²) >= 11 is 12.1. The van der Waals surface area contributed by atoms with E-state index in [1.54, 1.807) is 6.07 Å². The number of hydrogen-bond donors (Lipinski definition) is 1. The Hall–Kier alpha value is -1.76. The molecule has 0 bridgehead atoms. The van der Waals surface area contributed by atoms with E-state index in [0.717, 1.165) is 12.8 Å². The molecular formula is C18H17Cl2FN4O. The largest absolute Gasteiger partial charge is 0.388 e. The van der Waals surface area contributed by atoms with Crippen LogP contribution in [0.25, 0.3) is 22.3 Å². The fraction of sp³-hybridized carbons (Fsp3) is 0.389. The Kier molecular flexibility index (Phi) is 4.17. The molecule has 0 unspecified atom stereocenters. The Morgan fingerprint density at radius 3 is 2.77 bits per heavy atom. The molecule has 8 heteroatoms. The number of nitrogens with zero attached hydrogens (tertiary/aromatic N) is 4. The van der Waals surface area contributed by atoms with Gasteiger partial charge >= 0.3 is 0 Å². The van der Waals surface area contributed by atoms with Gasteiger partial charge < -0.3 is 9.67 Å². The van der Waals surface area contributed by atoms with Crippen LogP contribution in [0.4, 0.5) is 4.39 Å². The Bertz CT molecular complexity index is 1020. The van der Waals surface area contributed by atoms with Crippen molar-refractivity contribution in [3.63, 3.8) is 0 Å². The molecule has 1 aromatic carbocycles. The van der Waals surface area contributed by atoms with Crippen molar-refractivity contribution in [2.24, 2.45) is 0 Å². The molecule has 4 rings (SSSR count). The minimum absolute atomic E-state index is 0.0355. The second kappa shape index (κ2) is 6.15. The van der Waals surface area contributed by atoms with Gasteiger partial charge in [0.2, 0.25) is 5.28 Å². The highest BCUT2D eigenvalue weighted by Gasteiger charge is 2.39. The molecule has 2 aromatic heterocycles. The molecule has 5 nitrogen and oxygen atoms in total. The number of aryl methyl sites for hydroxylation is 1. The van der Waals surface area contributed by atoms with Gasteiger partial charge in [0.25, 0.3) is 0 Å². The van der Waals surface area contributed by atoms with E-state index in [2.05, 4.69) is 15.0 Å². The third-order valence-corrected chi connectivity index (χ3v) is 5.56. The number of imidazole rings is 1. The summed E-state index contributed by atoms with van der Waals surface area (Å²) in [6.45, 7) is 3.64. The Labute approximate surface area is 159 Å². The normalized spacial score (nSPS) is 23.1. The van der Waals surface area contributed by atoms with Gasteiger partial charge in [-0.1, -0.05) is 11.6 Å². The second-order valence-electron chi connectivity index (χ2n) is 6.96. The van der Waals surface area contributed by atoms with Gasteiger partial charge in [0.1, 0.15) is 11.3 Å². The number of benzene rings is 1. The van der Waals surface area contributed by atoms with E-state index in [1.807, 2.05) is 18.4 Å². The predicted octanol–water partition coefficient (Wildman–Crippen LogP) is 4.72. The Morgan fingerprint density at radius 1 is 1.31 bits per heavy atom. The van der Waals surface area contributed by atoms with E-state index in [0.29, 0.717) is 29.0 Å². The third-order valence-electron chi connectivity index (χ3n) is 5.10. The summed E-state index contributed by atoms with van der Waals surface area (Å²) in [5.74, 6) is 0.192. The zero-order chi connectivity index (χ0) is 18.6. The Balaban J connectivity index is 1.97. The van der Waals surface area contributed by atoms with Crippen LogP contribution >= 0.6 is 23.2 Å². The predicted molar refractivity (Wildman–Crippen MR) is 99.0 cm³/mol. The molecule has 2 atom stereocenters. The highest BCUT2D eigenvalue weighted by molar-refractivity contribution is 6.33. The van der Waals surface area contributed by atoms with Gasteiger partial charge in [0.05, 0.1) is 34.1 Å². The summed E-state index contributed by atoms with van der Waals surface area (Å²) in [5.41, 5.74) is 0.862. The van der Waals surface area contributed by atoms with Crippen molar-refractivity contribution in [3.8, 4) is 11.3 Å². The van der Waals surface area contributed by atoms with E-state index >= 15 is 0 Å². The molecule has 136 valence electrons. The average molecular weight is 395 g/mol. The van der Waals surface area contributed by atoms with Gasteiger partial charge in [0, 0.05) is 5.56 Å². The summed E-state index contributed by atoms with van der Waals surface area (Å²) in [4.78, 5) is 12.3. The van der Waals surface area contributed by atoms with Gasteiger partial charge in [-0.25, -0.2) is 19.3 Å². The van der Waals surface area contributed by atoms with Gasteiger partial charge in [-0.2, -0.15) is 0 Å². The molecule has 26 heavy (non-hydrogen) atoms. The number of fused-ring (bicyclic) bond motifs is 1. The van der Waals surface area contributed by atoms with Crippen molar-refractivity contribution >= 4 is 34.2 Å². The molecule has 0 saturated heterocycles. The lowest BCUT2D eigenvalue weighted by Gasteiger charge is -2.28.